The van der Waals surface area contributed by atoms with Crippen molar-refractivity contribution >= 4 is 17.6 Å². The highest BCUT2D eigenvalue weighted by Crippen LogP contribution is 2.14. The lowest BCUT2D eigenvalue weighted by atomic mass is 10.3. The van der Waals surface area contributed by atoms with Crippen molar-refractivity contribution in [3.8, 4) is 5.75 Å². The number of nitrogens with zero attached hydrogens (tertiary/aromatic N) is 1. The number of carbonyl (C=O) groups is 2. The molecule has 0 saturated heterocycles. The highest BCUT2D eigenvalue weighted by atomic mass is 16.5. The number of methoxy groups -OCH3 is 2. The summed E-state index contributed by atoms with van der Waals surface area (Å²) in [5.41, 5.74) is 0.713. The summed E-state index contributed by atoms with van der Waals surface area (Å²) < 4.78 is 9.65. The molecule has 0 aromatic heterocycles. The van der Waals surface area contributed by atoms with Crippen LogP contribution < -0.4 is 10.1 Å². The molecule has 0 aliphatic carbocycles. The van der Waals surface area contributed by atoms with E-state index in [1.54, 1.807) is 31.4 Å². The molecule has 0 radical (unpaired) electrons. The first-order valence-electron chi connectivity index (χ1n) is 6.82. The maximum Gasteiger partial charge on any atom is 0.306 e. The van der Waals surface area contributed by atoms with Crippen LogP contribution in [0.5, 0.6) is 5.75 Å². The SMILES string of the molecule is CCN(CCC(=O)OC)CC(=O)Nc1ccc(OC)cc1. The van der Waals surface area contributed by atoms with Crippen molar-refractivity contribution in [2.75, 3.05) is 39.2 Å². The molecule has 0 atom stereocenters. The first-order chi connectivity index (χ1) is 10.1. The number of nitrogens with one attached hydrogen (secondary N) is 1. The molecule has 1 aromatic carbocycles. The maximum atomic E-state index is 12.0. The van der Waals surface area contributed by atoms with Gasteiger partial charge < -0.3 is 14.8 Å². The van der Waals surface area contributed by atoms with Crippen LogP contribution in [0.1, 0.15) is 13.3 Å². The molecule has 0 saturated carbocycles. The normalized spacial score (nSPS) is 10.3. The van der Waals surface area contributed by atoms with Gasteiger partial charge in [-0.3, -0.25) is 14.5 Å². The van der Waals surface area contributed by atoms with E-state index in [2.05, 4.69) is 10.1 Å². The van der Waals surface area contributed by atoms with Crippen LogP contribution in [0, 0.1) is 0 Å². The van der Waals surface area contributed by atoms with Crippen LogP contribution in [-0.2, 0) is 14.3 Å². The molecule has 0 aliphatic heterocycles. The van der Waals surface area contributed by atoms with Crippen molar-refractivity contribution in [1.82, 2.24) is 4.90 Å². The summed E-state index contributed by atoms with van der Waals surface area (Å²) >= 11 is 0. The standard InChI is InChI=1S/C15H22N2O4/c1-4-17(10-9-15(19)21-3)11-14(18)16-12-5-7-13(20-2)8-6-12/h5-8H,4,9-11H2,1-3H3,(H,16,18). The Hall–Kier alpha value is -2.08. The lowest BCUT2D eigenvalue weighted by Crippen LogP contribution is -2.34. The molecule has 0 fully saturated rings. The van der Waals surface area contributed by atoms with E-state index in [4.69, 9.17) is 4.74 Å². The topological polar surface area (TPSA) is 67.9 Å². The van der Waals surface area contributed by atoms with Crippen LogP contribution in [0.15, 0.2) is 24.3 Å². The van der Waals surface area contributed by atoms with Crippen molar-refractivity contribution < 1.29 is 19.1 Å². The molecule has 6 nitrogen and oxygen atoms in total. The summed E-state index contributed by atoms with van der Waals surface area (Å²) in [6.07, 6.45) is 0.278. The third kappa shape index (κ3) is 6.27. The van der Waals surface area contributed by atoms with Gasteiger partial charge in [0.2, 0.25) is 5.91 Å². The first kappa shape index (κ1) is 17.0. The highest BCUT2D eigenvalue weighted by Gasteiger charge is 2.11. The smallest absolute Gasteiger partial charge is 0.306 e. The first-order valence-corrected chi connectivity index (χ1v) is 6.82. The second-order valence-corrected chi connectivity index (χ2v) is 4.47. The predicted octanol–water partition coefficient (Wildman–Crippen LogP) is 1.52. The molecule has 1 N–H and O–H groups in total. The van der Waals surface area contributed by atoms with Gasteiger partial charge in [0, 0.05) is 12.2 Å². The number of benzene rings is 1. The van der Waals surface area contributed by atoms with Crippen molar-refractivity contribution in [1.29, 1.82) is 0 Å². The summed E-state index contributed by atoms with van der Waals surface area (Å²) in [5, 5.41) is 2.81. The van der Waals surface area contributed by atoms with Gasteiger partial charge in [-0.1, -0.05) is 6.92 Å². The number of likely N-dealkylation sites (N-methyl/N-ethyl adjacent to an activating group) is 1. The van der Waals surface area contributed by atoms with E-state index in [1.165, 1.54) is 7.11 Å². The van der Waals surface area contributed by atoms with Gasteiger partial charge in [-0.15, -0.1) is 0 Å². The van der Waals surface area contributed by atoms with E-state index in [0.717, 1.165) is 5.75 Å². The molecule has 0 bridgehead atoms. The van der Waals surface area contributed by atoms with Crippen molar-refractivity contribution in [2.45, 2.75) is 13.3 Å². The van der Waals surface area contributed by atoms with Gasteiger partial charge in [0.15, 0.2) is 0 Å². The van der Waals surface area contributed by atoms with Gasteiger partial charge in [-0.05, 0) is 30.8 Å². The Labute approximate surface area is 125 Å². The van der Waals surface area contributed by atoms with Crippen LogP contribution in [-0.4, -0.2) is 50.6 Å². The van der Waals surface area contributed by atoms with Gasteiger partial charge in [0.05, 0.1) is 27.2 Å². The molecule has 6 heteroatoms. The molecule has 0 spiro atoms. The molecule has 1 amide bonds. The monoisotopic (exact) mass is 294 g/mol. The minimum atomic E-state index is -0.274. The van der Waals surface area contributed by atoms with E-state index in [1.807, 2.05) is 11.8 Å². The van der Waals surface area contributed by atoms with Gasteiger partial charge in [-0.25, -0.2) is 0 Å². The van der Waals surface area contributed by atoms with Crippen LogP contribution in [0.3, 0.4) is 0 Å². The largest absolute Gasteiger partial charge is 0.497 e. The van der Waals surface area contributed by atoms with E-state index in [-0.39, 0.29) is 24.8 Å². The molecular formula is C15H22N2O4. The summed E-state index contributed by atoms with van der Waals surface area (Å²) in [7, 11) is 2.95. The fourth-order valence-corrected chi connectivity index (χ4v) is 1.78. The molecular weight excluding hydrogens is 272 g/mol. The fraction of sp³-hybridized carbons (Fsp3) is 0.467. The third-order valence-corrected chi connectivity index (χ3v) is 3.05. The van der Waals surface area contributed by atoms with Gasteiger partial charge >= 0.3 is 5.97 Å². The van der Waals surface area contributed by atoms with Crippen LogP contribution in [0.25, 0.3) is 0 Å². The molecule has 1 rings (SSSR count). The summed E-state index contributed by atoms with van der Waals surface area (Å²) in [4.78, 5) is 24.9. The Kier molecular flexibility index (Phi) is 7.25. The molecule has 116 valence electrons. The van der Waals surface area contributed by atoms with E-state index < -0.39 is 0 Å². The number of carbonyl (C=O) groups excluding carboxylic acids is 2. The minimum absolute atomic E-state index is 0.119. The van der Waals surface area contributed by atoms with E-state index >= 15 is 0 Å². The van der Waals surface area contributed by atoms with E-state index in [0.29, 0.717) is 18.8 Å². The lowest BCUT2D eigenvalue weighted by molar-refractivity contribution is -0.141. The van der Waals surface area contributed by atoms with Gasteiger partial charge in [0.25, 0.3) is 0 Å². The van der Waals surface area contributed by atoms with Crippen LogP contribution in [0.4, 0.5) is 5.69 Å². The second-order valence-electron chi connectivity index (χ2n) is 4.47. The molecule has 0 heterocycles. The number of amides is 1. The zero-order valence-electron chi connectivity index (χ0n) is 12.7. The number of hydrogen-bond donors (Lipinski definition) is 1. The Bertz CT molecular complexity index is 459. The molecule has 1 aromatic rings. The van der Waals surface area contributed by atoms with Crippen molar-refractivity contribution in [2.24, 2.45) is 0 Å². The predicted molar refractivity (Wildman–Crippen MR) is 80.4 cm³/mol. The number of hydrogen-bond acceptors (Lipinski definition) is 5. The summed E-state index contributed by atoms with van der Waals surface area (Å²) in [6.45, 7) is 3.36. The lowest BCUT2D eigenvalue weighted by Gasteiger charge is -2.19. The Morgan fingerprint density at radius 3 is 2.38 bits per heavy atom. The molecule has 0 unspecified atom stereocenters. The van der Waals surface area contributed by atoms with Crippen molar-refractivity contribution in [3.05, 3.63) is 24.3 Å². The maximum absolute atomic E-state index is 12.0. The zero-order chi connectivity index (χ0) is 15.7. The average Bonchev–Trinajstić information content (AvgIpc) is 2.51. The molecule has 0 aliphatic rings. The Morgan fingerprint density at radius 1 is 1.19 bits per heavy atom. The number of ether oxygens (including phenoxy) is 2. The van der Waals surface area contributed by atoms with Crippen LogP contribution in [0.2, 0.25) is 0 Å². The quantitative estimate of drug-likeness (QED) is 0.736. The minimum Gasteiger partial charge on any atom is -0.497 e. The molecule has 21 heavy (non-hydrogen) atoms. The Balaban J connectivity index is 2.44. The number of rotatable bonds is 8. The van der Waals surface area contributed by atoms with Gasteiger partial charge in [-0.2, -0.15) is 0 Å². The second kappa shape index (κ2) is 8.97. The fourth-order valence-electron chi connectivity index (χ4n) is 1.78. The third-order valence-electron chi connectivity index (χ3n) is 3.05. The highest BCUT2D eigenvalue weighted by molar-refractivity contribution is 5.92. The number of esters is 1. The van der Waals surface area contributed by atoms with E-state index in [9.17, 15) is 9.59 Å². The summed E-state index contributed by atoms with van der Waals surface area (Å²) in [5.74, 6) is 0.345. The zero-order valence-corrected chi connectivity index (χ0v) is 12.7. The van der Waals surface area contributed by atoms with Crippen molar-refractivity contribution in [3.63, 3.8) is 0 Å². The average molecular weight is 294 g/mol. The Morgan fingerprint density at radius 2 is 1.86 bits per heavy atom. The van der Waals surface area contributed by atoms with Crippen LogP contribution >= 0.6 is 0 Å². The van der Waals surface area contributed by atoms with Gasteiger partial charge in [0.1, 0.15) is 5.75 Å². The number of anilines is 1. The summed E-state index contributed by atoms with van der Waals surface area (Å²) in [6, 6.07) is 7.12.